The molecular weight excluding hydrogens is 320 g/mol. The molecule has 140 valence electrons. The first-order chi connectivity index (χ1) is 11.6. The zero-order valence-electron chi connectivity index (χ0n) is 16.1. The first kappa shape index (κ1) is 20.8. The maximum Gasteiger partial charge on any atom is 0.407 e. The molecule has 6 heteroatoms. The van der Waals surface area contributed by atoms with E-state index >= 15 is 0 Å². The van der Waals surface area contributed by atoms with Crippen LogP contribution in [0.1, 0.15) is 40.2 Å². The van der Waals surface area contributed by atoms with E-state index in [1.165, 1.54) is 0 Å². The smallest absolute Gasteiger partial charge is 0.407 e. The number of likely N-dealkylation sites (N-methyl/N-ethyl adjacent to an activating group) is 1. The lowest BCUT2D eigenvalue weighted by Gasteiger charge is -2.25. The first-order valence-corrected chi connectivity index (χ1v) is 8.56. The number of benzene rings is 1. The first-order valence-electron chi connectivity index (χ1n) is 8.56. The molecule has 0 saturated carbocycles. The average molecular weight is 350 g/mol. The Kier molecular flexibility index (Phi) is 7.74. The Bertz CT molecular complexity index is 564. The molecule has 6 nitrogen and oxygen atoms in total. The average Bonchev–Trinajstić information content (AvgIpc) is 2.47. The molecule has 1 aromatic rings. The van der Waals surface area contributed by atoms with E-state index in [9.17, 15) is 9.59 Å². The minimum atomic E-state index is -0.542. The van der Waals surface area contributed by atoms with Crippen LogP contribution in [0.4, 0.5) is 4.79 Å². The Hall–Kier alpha value is -2.24. The highest BCUT2D eigenvalue weighted by molar-refractivity contribution is 5.78. The Balaban J connectivity index is 2.46. The molecule has 25 heavy (non-hydrogen) atoms. The van der Waals surface area contributed by atoms with Crippen molar-refractivity contribution in [2.75, 3.05) is 20.2 Å². The van der Waals surface area contributed by atoms with E-state index in [-0.39, 0.29) is 11.9 Å². The molecule has 0 radical (unpaired) electrons. The van der Waals surface area contributed by atoms with Gasteiger partial charge in [0, 0.05) is 19.6 Å². The van der Waals surface area contributed by atoms with E-state index in [0.717, 1.165) is 11.3 Å². The quantitative estimate of drug-likeness (QED) is 0.821. The van der Waals surface area contributed by atoms with Gasteiger partial charge in [-0.1, -0.05) is 12.1 Å². The van der Waals surface area contributed by atoms with Crippen LogP contribution in [0.25, 0.3) is 0 Å². The SMILES string of the molecule is CCOc1ccc(CC(=O)N(C)C[C@H](C)NC(=O)OC(C)(C)C)cc1. The Morgan fingerprint density at radius 3 is 2.32 bits per heavy atom. The van der Waals surface area contributed by atoms with Crippen molar-refractivity contribution in [2.24, 2.45) is 0 Å². The topological polar surface area (TPSA) is 67.9 Å². The van der Waals surface area contributed by atoms with Gasteiger partial charge in [-0.15, -0.1) is 0 Å². The van der Waals surface area contributed by atoms with Crippen molar-refractivity contribution in [3.05, 3.63) is 29.8 Å². The molecule has 0 fully saturated rings. The highest BCUT2D eigenvalue weighted by Crippen LogP contribution is 2.13. The second-order valence-corrected chi connectivity index (χ2v) is 7.08. The van der Waals surface area contributed by atoms with E-state index in [1.54, 1.807) is 11.9 Å². The lowest BCUT2D eigenvalue weighted by molar-refractivity contribution is -0.129. The van der Waals surface area contributed by atoms with Gasteiger partial charge in [-0.05, 0) is 52.3 Å². The molecule has 0 aliphatic heterocycles. The number of amides is 2. The molecule has 0 saturated heterocycles. The summed E-state index contributed by atoms with van der Waals surface area (Å²) in [7, 11) is 1.73. The van der Waals surface area contributed by atoms with Crippen molar-refractivity contribution in [1.82, 2.24) is 10.2 Å². The van der Waals surface area contributed by atoms with Crippen molar-refractivity contribution in [3.63, 3.8) is 0 Å². The standard InChI is InChI=1S/C19H30N2O4/c1-7-24-16-10-8-15(9-11-16)12-17(22)21(6)13-14(2)20-18(23)25-19(3,4)5/h8-11,14H,7,12-13H2,1-6H3,(H,20,23)/t14-/m0/s1. The number of rotatable bonds is 7. The van der Waals surface area contributed by atoms with Crippen molar-refractivity contribution >= 4 is 12.0 Å². The fourth-order valence-electron chi connectivity index (χ4n) is 2.25. The lowest BCUT2D eigenvalue weighted by atomic mass is 10.1. The van der Waals surface area contributed by atoms with Crippen LogP contribution in [0, 0.1) is 0 Å². The fourth-order valence-corrected chi connectivity index (χ4v) is 2.25. The molecule has 0 unspecified atom stereocenters. The number of nitrogens with zero attached hydrogens (tertiary/aromatic N) is 1. The number of carbonyl (C=O) groups is 2. The van der Waals surface area contributed by atoms with Crippen molar-refractivity contribution < 1.29 is 19.1 Å². The summed E-state index contributed by atoms with van der Waals surface area (Å²) < 4.78 is 10.6. The minimum absolute atomic E-state index is 0.0120. The van der Waals surface area contributed by atoms with Gasteiger partial charge >= 0.3 is 6.09 Å². The van der Waals surface area contributed by atoms with Crippen LogP contribution in [-0.4, -0.2) is 48.7 Å². The number of hydrogen-bond donors (Lipinski definition) is 1. The molecule has 1 atom stereocenters. The highest BCUT2D eigenvalue weighted by atomic mass is 16.6. The van der Waals surface area contributed by atoms with Crippen LogP contribution in [0.5, 0.6) is 5.75 Å². The van der Waals surface area contributed by atoms with Gasteiger partial charge in [-0.25, -0.2) is 4.79 Å². The predicted molar refractivity (Wildman–Crippen MR) is 97.8 cm³/mol. The zero-order valence-corrected chi connectivity index (χ0v) is 16.1. The Morgan fingerprint density at radius 2 is 1.80 bits per heavy atom. The van der Waals surface area contributed by atoms with Crippen molar-refractivity contribution in [2.45, 2.75) is 52.7 Å². The van der Waals surface area contributed by atoms with Crippen LogP contribution < -0.4 is 10.1 Å². The Labute approximate surface area is 150 Å². The molecule has 0 heterocycles. The van der Waals surface area contributed by atoms with E-state index < -0.39 is 11.7 Å². The van der Waals surface area contributed by atoms with Gasteiger partial charge in [-0.2, -0.15) is 0 Å². The summed E-state index contributed by atoms with van der Waals surface area (Å²) in [4.78, 5) is 25.7. The largest absolute Gasteiger partial charge is 0.494 e. The number of ether oxygens (including phenoxy) is 2. The van der Waals surface area contributed by atoms with Gasteiger partial charge in [0.05, 0.1) is 13.0 Å². The van der Waals surface area contributed by atoms with Crippen LogP contribution >= 0.6 is 0 Å². The third kappa shape index (κ3) is 8.42. The van der Waals surface area contributed by atoms with E-state index in [4.69, 9.17) is 9.47 Å². The molecule has 0 aliphatic rings. The molecular formula is C19H30N2O4. The predicted octanol–water partition coefficient (Wildman–Crippen LogP) is 3.00. The fraction of sp³-hybridized carbons (Fsp3) is 0.579. The molecule has 1 N–H and O–H groups in total. The van der Waals surface area contributed by atoms with E-state index in [1.807, 2.05) is 58.9 Å². The summed E-state index contributed by atoms with van der Waals surface area (Å²) in [6, 6.07) is 7.29. The van der Waals surface area contributed by atoms with E-state index in [2.05, 4.69) is 5.32 Å². The summed E-state index contributed by atoms with van der Waals surface area (Å²) >= 11 is 0. The molecule has 2 amide bonds. The Morgan fingerprint density at radius 1 is 1.20 bits per heavy atom. The van der Waals surface area contributed by atoms with Crippen molar-refractivity contribution in [3.8, 4) is 5.75 Å². The number of hydrogen-bond acceptors (Lipinski definition) is 4. The third-order valence-corrected chi connectivity index (χ3v) is 3.33. The van der Waals surface area contributed by atoms with Gasteiger partial charge in [0.2, 0.25) is 5.91 Å². The number of carbonyl (C=O) groups excluding carboxylic acids is 2. The van der Waals surface area contributed by atoms with Crippen LogP contribution in [-0.2, 0) is 16.0 Å². The summed E-state index contributed by atoms with van der Waals surface area (Å²) in [6.07, 6.45) is -0.172. The molecule has 0 aliphatic carbocycles. The normalized spacial score (nSPS) is 12.2. The highest BCUT2D eigenvalue weighted by Gasteiger charge is 2.19. The molecule has 1 aromatic carbocycles. The molecule has 0 bridgehead atoms. The van der Waals surface area contributed by atoms with Crippen LogP contribution in [0.3, 0.4) is 0 Å². The van der Waals surface area contributed by atoms with Gasteiger partial charge in [0.15, 0.2) is 0 Å². The minimum Gasteiger partial charge on any atom is -0.494 e. The monoisotopic (exact) mass is 350 g/mol. The van der Waals surface area contributed by atoms with Gasteiger partial charge in [-0.3, -0.25) is 4.79 Å². The van der Waals surface area contributed by atoms with E-state index in [0.29, 0.717) is 19.6 Å². The molecule has 0 aromatic heterocycles. The summed E-state index contributed by atoms with van der Waals surface area (Å²) in [5.41, 5.74) is 0.382. The molecule has 0 spiro atoms. The second-order valence-electron chi connectivity index (χ2n) is 7.08. The maximum atomic E-state index is 12.3. The third-order valence-electron chi connectivity index (χ3n) is 3.33. The summed E-state index contributed by atoms with van der Waals surface area (Å²) in [5.74, 6) is 0.782. The summed E-state index contributed by atoms with van der Waals surface area (Å²) in [6.45, 7) is 10.2. The van der Waals surface area contributed by atoms with Gasteiger partial charge in [0.1, 0.15) is 11.4 Å². The van der Waals surface area contributed by atoms with Gasteiger partial charge in [0.25, 0.3) is 0 Å². The molecule has 1 rings (SSSR count). The van der Waals surface area contributed by atoms with Crippen molar-refractivity contribution in [1.29, 1.82) is 0 Å². The second kappa shape index (κ2) is 9.30. The number of nitrogens with one attached hydrogen (secondary N) is 1. The van der Waals surface area contributed by atoms with Crippen LogP contribution in [0.2, 0.25) is 0 Å². The zero-order chi connectivity index (χ0) is 19.0. The summed E-state index contributed by atoms with van der Waals surface area (Å²) in [5, 5.41) is 2.74. The van der Waals surface area contributed by atoms with Gasteiger partial charge < -0.3 is 19.7 Å². The van der Waals surface area contributed by atoms with Crippen LogP contribution in [0.15, 0.2) is 24.3 Å². The maximum absolute atomic E-state index is 12.3. The number of alkyl carbamates (subject to hydrolysis) is 1. The lowest BCUT2D eigenvalue weighted by Crippen LogP contribution is -2.44.